The van der Waals surface area contributed by atoms with Crippen LogP contribution in [0.4, 0.5) is 0 Å². The second-order valence-electron chi connectivity index (χ2n) is 8.47. The number of aryl methyl sites for hydroxylation is 1. The summed E-state index contributed by atoms with van der Waals surface area (Å²) in [7, 11) is 0. The molecule has 0 saturated carbocycles. The van der Waals surface area contributed by atoms with Gasteiger partial charge in [0.2, 0.25) is 0 Å². The molecule has 0 aliphatic carbocycles. The van der Waals surface area contributed by atoms with Crippen LogP contribution in [0.5, 0.6) is 5.75 Å². The monoisotopic (exact) mass is 521 g/mol. The highest BCUT2D eigenvalue weighted by Crippen LogP contribution is 2.33. The Morgan fingerprint density at radius 2 is 1.76 bits per heavy atom. The lowest BCUT2D eigenvalue weighted by atomic mass is 10.1. The van der Waals surface area contributed by atoms with Gasteiger partial charge in [0.15, 0.2) is 11.9 Å². The first-order valence-electron chi connectivity index (χ1n) is 12.3. The Balaban J connectivity index is 1.36. The minimum atomic E-state index is -0.605. The van der Waals surface area contributed by atoms with Crippen molar-refractivity contribution in [3.8, 4) is 27.5 Å². The number of carbonyl (C=O) groups excluding carboxylic acids is 1. The molecule has 0 bridgehead atoms. The molecule has 0 amide bonds. The molecular weight excluding hydrogens is 490 g/mol. The van der Waals surface area contributed by atoms with Gasteiger partial charge in [-0.3, -0.25) is 0 Å². The van der Waals surface area contributed by atoms with Crippen LogP contribution in [0.25, 0.3) is 21.8 Å². The van der Waals surface area contributed by atoms with Crippen molar-refractivity contribution in [2.75, 3.05) is 13.2 Å². The molecule has 0 saturated heterocycles. The average molecular weight is 522 g/mol. The van der Waals surface area contributed by atoms with Crippen LogP contribution in [0.1, 0.15) is 35.5 Å². The Morgan fingerprint density at radius 1 is 1.03 bits per heavy atom. The Bertz CT molecular complexity index is 1290. The minimum Gasteiger partial charge on any atom is -0.488 e. The standard InChI is InChI=1S/C29H31NO6S/c1-4-33-26(29(32)34-5-2)15-20-6-12-24(13-7-20)35-18-28-19(3)14-27(37-28)22-10-8-21(9-11-22)25-16-23(17-31)30-36-25/h6-14,16,26,31H,4-5,15,17-18H2,1-3H3. The lowest BCUT2D eigenvalue weighted by molar-refractivity contribution is -0.156. The molecule has 1 N–H and O–H groups in total. The number of hydrogen-bond donors (Lipinski definition) is 1. The van der Waals surface area contributed by atoms with Gasteiger partial charge >= 0.3 is 5.97 Å². The molecule has 37 heavy (non-hydrogen) atoms. The summed E-state index contributed by atoms with van der Waals surface area (Å²) < 4.78 is 22.0. The van der Waals surface area contributed by atoms with Crippen LogP contribution in [0, 0.1) is 6.92 Å². The van der Waals surface area contributed by atoms with Crippen LogP contribution in [0.15, 0.2) is 65.2 Å². The highest BCUT2D eigenvalue weighted by atomic mass is 32.1. The van der Waals surface area contributed by atoms with E-state index in [1.165, 1.54) is 5.56 Å². The van der Waals surface area contributed by atoms with Gasteiger partial charge in [0.1, 0.15) is 18.1 Å². The molecule has 7 nitrogen and oxygen atoms in total. The summed E-state index contributed by atoms with van der Waals surface area (Å²) >= 11 is 1.70. The van der Waals surface area contributed by atoms with Crippen LogP contribution >= 0.6 is 11.3 Å². The Labute approximate surface area is 220 Å². The average Bonchev–Trinajstić information content (AvgIpc) is 3.55. The molecule has 0 aliphatic rings. The van der Waals surface area contributed by atoms with Crippen molar-refractivity contribution >= 4 is 17.3 Å². The molecule has 1 unspecified atom stereocenters. The van der Waals surface area contributed by atoms with Gasteiger partial charge in [-0.1, -0.05) is 41.6 Å². The number of hydrogen-bond acceptors (Lipinski definition) is 8. The number of esters is 1. The number of benzene rings is 2. The first kappa shape index (κ1) is 26.6. The summed E-state index contributed by atoms with van der Waals surface area (Å²) in [6.45, 7) is 6.85. The fourth-order valence-corrected chi connectivity index (χ4v) is 4.95. The van der Waals surface area contributed by atoms with Crippen LogP contribution in [0.3, 0.4) is 0 Å². The van der Waals surface area contributed by atoms with Crippen LogP contribution in [0.2, 0.25) is 0 Å². The number of aromatic nitrogens is 1. The van der Waals surface area contributed by atoms with Gasteiger partial charge < -0.3 is 23.8 Å². The molecule has 0 aliphatic heterocycles. The van der Waals surface area contributed by atoms with Crippen molar-refractivity contribution in [1.29, 1.82) is 0 Å². The SMILES string of the molecule is CCOC(=O)C(Cc1ccc(OCc2sc(-c3ccc(-c4cc(CO)no4)cc3)cc2C)cc1)OCC. The zero-order valence-electron chi connectivity index (χ0n) is 21.2. The number of nitrogens with zero attached hydrogens (tertiary/aromatic N) is 1. The van der Waals surface area contributed by atoms with E-state index < -0.39 is 6.10 Å². The molecule has 2 aromatic heterocycles. The molecule has 1 atom stereocenters. The zero-order valence-corrected chi connectivity index (χ0v) is 22.0. The highest BCUT2D eigenvalue weighted by molar-refractivity contribution is 7.15. The lowest BCUT2D eigenvalue weighted by Gasteiger charge is -2.15. The molecule has 194 valence electrons. The fraction of sp³-hybridized carbons (Fsp3) is 0.310. The molecular formula is C29H31NO6S. The van der Waals surface area contributed by atoms with Gasteiger partial charge in [-0.25, -0.2) is 4.79 Å². The molecule has 0 radical (unpaired) electrons. The minimum absolute atomic E-state index is 0.144. The van der Waals surface area contributed by atoms with Gasteiger partial charge in [-0.15, -0.1) is 11.3 Å². The van der Waals surface area contributed by atoms with E-state index in [9.17, 15) is 9.90 Å². The Kier molecular flexibility index (Phi) is 9.11. The van der Waals surface area contributed by atoms with Gasteiger partial charge in [-0.2, -0.15) is 0 Å². The van der Waals surface area contributed by atoms with Crippen LogP contribution in [-0.4, -0.2) is 35.6 Å². The van der Waals surface area contributed by atoms with E-state index in [0.717, 1.165) is 32.2 Å². The third-order valence-electron chi connectivity index (χ3n) is 5.83. The van der Waals surface area contributed by atoms with Crippen molar-refractivity contribution in [2.24, 2.45) is 0 Å². The number of ether oxygens (including phenoxy) is 3. The number of aliphatic hydroxyl groups excluding tert-OH is 1. The second-order valence-corrected chi connectivity index (χ2v) is 9.60. The predicted octanol–water partition coefficient (Wildman–Crippen LogP) is 5.96. The maximum Gasteiger partial charge on any atom is 0.335 e. The zero-order chi connectivity index (χ0) is 26.2. The van der Waals surface area contributed by atoms with Gasteiger partial charge in [0.25, 0.3) is 0 Å². The molecule has 2 aromatic carbocycles. The Morgan fingerprint density at radius 3 is 2.41 bits per heavy atom. The summed E-state index contributed by atoms with van der Waals surface area (Å²) in [6.07, 6.45) is -0.148. The molecule has 2 heterocycles. The first-order valence-corrected chi connectivity index (χ1v) is 13.1. The van der Waals surface area contributed by atoms with Crippen molar-refractivity contribution in [1.82, 2.24) is 5.16 Å². The third kappa shape index (κ3) is 6.85. The molecule has 4 aromatic rings. The predicted molar refractivity (Wildman–Crippen MR) is 142 cm³/mol. The van der Waals surface area contributed by atoms with Crippen molar-refractivity contribution < 1.29 is 28.6 Å². The van der Waals surface area contributed by atoms with Crippen molar-refractivity contribution in [2.45, 2.75) is 46.5 Å². The van der Waals surface area contributed by atoms with E-state index in [4.69, 9.17) is 18.7 Å². The Hall–Kier alpha value is -3.46. The topological polar surface area (TPSA) is 91.0 Å². The molecule has 0 spiro atoms. The van der Waals surface area contributed by atoms with E-state index in [0.29, 0.717) is 37.7 Å². The van der Waals surface area contributed by atoms with E-state index in [1.54, 1.807) is 24.3 Å². The quantitative estimate of drug-likeness (QED) is 0.230. The van der Waals surface area contributed by atoms with Gasteiger partial charge in [-0.05, 0) is 55.7 Å². The summed E-state index contributed by atoms with van der Waals surface area (Å²) in [5.41, 5.74) is 4.69. The lowest BCUT2D eigenvalue weighted by Crippen LogP contribution is -2.28. The molecule has 4 rings (SSSR count). The largest absolute Gasteiger partial charge is 0.488 e. The van der Waals surface area contributed by atoms with Gasteiger partial charge in [0.05, 0.1) is 13.2 Å². The van der Waals surface area contributed by atoms with E-state index in [1.807, 2.05) is 43.3 Å². The number of aliphatic hydroxyl groups is 1. The fourth-order valence-electron chi connectivity index (χ4n) is 3.86. The normalized spacial score (nSPS) is 11.9. The maximum absolute atomic E-state index is 12.1. The van der Waals surface area contributed by atoms with E-state index in [-0.39, 0.29) is 12.6 Å². The maximum atomic E-state index is 12.1. The number of carbonyl (C=O) groups is 1. The first-order chi connectivity index (χ1) is 18.0. The summed E-state index contributed by atoms with van der Waals surface area (Å²) in [6, 6.07) is 19.7. The van der Waals surface area contributed by atoms with Crippen LogP contribution in [-0.2, 0) is 33.9 Å². The molecule has 0 fully saturated rings. The van der Waals surface area contributed by atoms with E-state index >= 15 is 0 Å². The third-order valence-corrected chi connectivity index (χ3v) is 7.09. The summed E-state index contributed by atoms with van der Waals surface area (Å²) in [5.74, 6) is 1.06. The highest BCUT2D eigenvalue weighted by Gasteiger charge is 2.20. The van der Waals surface area contributed by atoms with Crippen molar-refractivity contribution in [3.63, 3.8) is 0 Å². The van der Waals surface area contributed by atoms with Gasteiger partial charge in [0, 0.05) is 34.4 Å². The van der Waals surface area contributed by atoms with Crippen molar-refractivity contribution in [3.05, 3.63) is 82.4 Å². The second kappa shape index (κ2) is 12.7. The number of rotatable bonds is 12. The summed E-state index contributed by atoms with van der Waals surface area (Å²) in [5, 5.41) is 13.0. The van der Waals surface area contributed by atoms with Crippen LogP contribution < -0.4 is 4.74 Å². The summed E-state index contributed by atoms with van der Waals surface area (Å²) in [4.78, 5) is 14.4. The molecule has 8 heteroatoms. The van der Waals surface area contributed by atoms with E-state index in [2.05, 4.69) is 30.3 Å². The smallest absolute Gasteiger partial charge is 0.335 e. The number of thiophene rings is 1.